The highest BCUT2D eigenvalue weighted by Gasteiger charge is 2.13. The van der Waals surface area contributed by atoms with E-state index in [9.17, 15) is 4.79 Å². The van der Waals surface area contributed by atoms with Crippen molar-refractivity contribution in [2.75, 3.05) is 18.0 Å². The Hall–Kier alpha value is -1.57. The van der Waals surface area contributed by atoms with E-state index in [1.165, 1.54) is 0 Å². The van der Waals surface area contributed by atoms with Crippen LogP contribution in [0.4, 0.5) is 5.69 Å². The Balaban J connectivity index is 2.36. The average Bonchev–Trinajstić information content (AvgIpc) is 2.70. The zero-order valence-corrected chi connectivity index (χ0v) is 8.23. The Bertz CT molecular complexity index is 374. The third-order valence-corrected chi connectivity index (χ3v) is 2.44. The van der Waals surface area contributed by atoms with Gasteiger partial charge in [0.05, 0.1) is 0 Å². The number of rotatable bonds is 2. The standard InChI is InChI=1S/C12H13NO/c1-10(14)11-6-2-3-7-12(11)13-8-4-5-9-13/h2-7H,8-9H2,1H3. The van der Waals surface area contributed by atoms with Crippen LogP contribution in [-0.2, 0) is 0 Å². The lowest BCUT2D eigenvalue weighted by atomic mass is 10.1. The SMILES string of the molecule is CC(=O)c1ccccc1N1CC=CC1. The molecular formula is C12H13NO. The molecular weight excluding hydrogens is 174 g/mol. The van der Waals surface area contributed by atoms with E-state index in [4.69, 9.17) is 0 Å². The summed E-state index contributed by atoms with van der Waals surface area (Å²) in [4.78, 5) is 13.6. The molecule has 1 aromatic rings. The average molecular weight is 187 g/mol. The largest absolute Gasteiger partial charge is 0.363 e. The lowest BCUT2D eigenvalue weighted by Crippen LogP contribution is -2.20. The second-order valence-corrected chi connectivity index (χ2v) is 3.45. The molecule has 0 N–H and O–H groups in total. The molecule has 0 atom stereocenters. The quantitative estimate of drug-likeness (QED) is 0.523. The van der Waals surface area contributed by atoms with Gasteiger partial charge in [-0.15, -0.1) is 0 Å². The van der Waals surface area contributed by atoms with Crippen molar-refractivity contribution >= 4 is 11.5 Å². The van der Waals surface area contributed by atoms with Gasteiger partial charge < -0.3 is 4.90 Å². The molecule has 0 spiro atoms. The van der Waals surface area contributed by atoms with Crippen LogP contribution in [0.2, 0.25) is 0 Å². The lowest BCUT2D eigenvalue weighted by Gasteiger charge is -2.20. The summed E-state index contributed by atoms with van der Waals surface area (Å²) in [5.74, 6) is 0.132. The summed E-state index contributed by atoms with van der Waals surface area (Å²) in [5.41, 5.74) is 1.86. The molecule has 1 aromatic carbocycles. The summed E-state index contributed by atoms with van der Waals surface area (Å²) < 4.78 is 0. The smallest absolute Gasteiger partial charge is 0.161 e. The van der Waals surface area contributed by atoms with Crippen LogP contribution in [0, 0.1) is 0 Å². The molecule has 0 bridgehead atoms. The van der Waals surface area contributed by atoms with Crippen molar-refractivity contribution in [2.24, 2.45) is 0 Å². The Kier molecular flexibility index (Phi) is 2.35. The van der Waals surface area contributed by atoms with Crippen molar-refractivity contribution in [3.8, 4) is 0 Å². The normalized spacial score (nSPS) is 14.8. The predicted molar refractivity (Wildman–Crippen MR) is 57.8 cm³/mol. The number of carbonyl (C=O) groups excluding carboxylic acids is 1. The van der Waals surface area contributed by atoms with Gasteiger partial charge in [-0.3, -0.25) is 4.79 Å². The van der Waals surface area contributed by atoms with Crippen molar-refractivity contribution in [2.45, 2.75) is 6.92 Å². The topological polar surface area (TPSA) is 20.3 Å². The van der Waals surface area contributed by atoms with E-state index in [1.54, 1.807) is 6.92 Å². The zero-order valence-electron chi connectivity index (χ0n) is 8.23. The van der Waals surface area contributed by atoms with Gasteiger partial charge in [0.15, 0.2) is 5.78 Å². The molecule has 0 aromatic heterocycles. The van der Waals surface area contributed by atoms with Crippen LogP contribution in [0.25, 0.3) is 0 Å². The second-order valence-electron chi connectivity index (χ2n) is 3.45. The second kappa shape index (κ2) is 3.66. The maximum atomic E-state index is 11.4. The van der Waals surface area contributed by atoms with Gasteiger partial charge in [0.1, 0.15) is 0 Å². The summed E-state index contributed by atoms with van der Waals surface area (Å²) in [6.07, 6.45) is 4.24. The van der Waals surface area contributed by atoms with E-state index in [2.05, 4.69) is 17.1 Å². The highest BCUT2D eigenvalue weighted by Crippen LogP contribution is 2.22. The van der Waals surface area contributed by atoms with Gasteiger partial charge in [-0.1, -0.05) is 24.3 Å². The van der Waals surface area contributed by atoms with Crippen LogP contribution in [-0.4, -0.2) is 18.9 Å². The Morgan fingerprint density at radius 1 is 1.21 bits per heavy atom. The summed E-state index contributed by atoms with van der Waals surface area (Å²) in [6, 6.07) is 7.77. The molecule has 1 heterocycles. The van der Waals surface area contributed by atoms with Gasteiger partial charge in [0, 0.05) is 24.3 Å². The number of para-hydroxylation sites is 1. The van der Waals surface area contributed by atoms with Crippen molar-refractivity contribution < 1.29 is 4.79 Å². The van der Waals surface area contributed by atoms with Crippen LogP contribution in [0.15, 0.2) is 36.4 Å². The fourth-order valence-electron chi connectivity index (χ4n) is 1.72. The van der Waals surface area contributed by atoms with Gasteiger partial charge >= 0.3 is 0 Å². The van der Waals surface area contributed by atoms with Gasteiger partial charge in [-0.2, -0.15) is 0 Å². The molecule has 0 aliphatic carbocycles. The Morgan fingerprint density at radius 3 is 2.50 bits per heavy atom. The molecule has 0 unspecified atom stereocenters. The van der Waals surface area contributed by atoms with E-state index < -0.39 is 0 Å². The molecule has 0 radical (unpaired) electrons. The van der Waals surface area contributed by atoms with E-state index in [1.807, 2.05) is 24.3 Å². The zero-order chi connectivity index (χ0) is 9.97. The third kappa shape index (κ3) is 1.55. The molecule has 0 saturated carbocycles. The first-order chi connectivity index (χ1) is 6.79. The van der Waals surface area contributed by atoms with Gasteiger partial charge in [-0.05, 0) is 19.1 Å². The van der Waals surface area contributed by atoms with E-state index in [0.29, 0.717) is 0 Å². The molecule has 72 valence electrons. The first kappa shape index (κ1) is 9.00. The van der Waals surface area contributed by atoms with Gasteiger partial charge in [0.2, 0.25) is 0 Å². The number of nitrogens with zero attached hydrogens (tertiary/aromatic N) is 1. The van der Waals surface area contributed by atoms with Crippen LogP contribution in [0.3, 0.4) is 0 Å². The van der Waals surface area contributed by atoms with E-state index in [-0.39, 0.29) is 5.78 Å². The van der Waals surface area contributed by atoms with Crippen LogP contribution in [0.5, 0.6) is 0 Å². The molecule has 1 aliphatic rings. The summed E-state index contributed by atoms with van der Waals surface area (Å²) in [6.45, 7) is 3.43. The van der Waals surface area contributed by atoms with Crippen LogP contribution < -0.4 is 4.90 Å². The monoisotopic (exact) mass is 187 g/mol. The highest BCUT2D eigenvalue weighted by molar-refractivity contribution is 5.99. The number of hydrogen-bond donors (Lipinski definition) is 0. The van der Waals surface area contributed by atoms with Crippen molar-refractivity contribution in [3.63, 3.8) is 0 Å². The molecule has 2 heteroatoms. The lowest BCUT2D eigenvalue weighted by molar-refractivity contribution is 0.101. The molecule has 2 nitrogen and oxygen atoms in total. The molecule has 0 fully saturated rings. The summed E-state index contributed by atoms with van der Waals surface area (Å²) in [5, 5.41) is 0. The molecule has 14 heavy (non-hydrogen) atoms. The predicted octanol–water partition coefficient (Wildman–Crippen LogP) is 2.27. The maximum absolute atomic E-state index is 11.4. The molecule has 1 aliphatic heterocycles. The van der Waals surface area contributed by atoms with Gasteiger partial charge in [0.25, 0.3) is 0 Å². The van der Waals surface area contributed by atoms with Crippen LogP contribution in [0.1, 0.15) is 17.3 Å². The first-order valence-corrected chi connectivity index (χ1v) is 4.79. The summed E-state index contributed by atoms with van der Waals surface area (Å²) >= 11 is 0. The Morgan fingerprint density at radius 2 is 1.86 bits per heavy atom. The summed E-state index contributed by atoms with van der Waals surface area (Å²) in [7, 11) is 0. The fraction of sp³-hybridized carbons (Fsp3) is 0.250. The number of hydrogen-bond acceptors (Lipinski definition) is 2. The van der Waals surface area contributed by atoms with Gasteiger partial charge in [-0.25, -0.2) is 0 Å². The minimum atomic E-state index is 0.132. The van der Waals surface area contributed by atoms with Crippen molar-refractivity contribution in [1.29, 1.82) is 0 Å². The fourth-order valence-corrected chi connectivity index (χ4v) is 1.72. The highest BCUT2D eigenvalue weighted by atomic mass is 16.1. The van der Waals surface area contributed by atoms with E-state index >= 15 is 0 Å². The minimum Gasteiger partial charge on any atom is -0.363 e. The van der Waals surface area contributed by atoms with Crippen LogP contribution >= 0.6 is 0 Å². The number of anilines is 1. The van der Waals surface area contributed by atoms with E-state index in [0.717, 1.165) is 24.3 Å². The van der Waals surface area contributed by atoms with Crippen molar-refractivity contribution in [3.05, 3.63) is 42.0 Å². The minimum absolute atomic E-state index is 0.132. The Labute approximate surface area is 83.8 Å². The number of ketones is 1. The number of Topliss-reactive ketones (excluding diaryl/α,β-unsaturated/α-hetero) is 1. The maximum Gasteiger partial charge on any atom is 0.161 e. The van der Waals surface area contributed by atoms with Crippen molar-refractivity contribution in [1.82, 2.24) is 0 Å². The molecule has 0 saturated heterocycles. The number of benzene rings is 1. The molecule has 0 amide bonds. The molecule has 2 rings (SSSR count). The third-order valence-electron chi connectivity index (χ3n) is 2.44. The number of carbonyl (C=O) groups is 1. The first-order valence-electron chi connectivity index (χ1n) is 4.79.